The molecule has 0 fully saturated rings. The number of halogens is 2. The average molecular weight is 260 g/mol. The third kappa shape index (κ3) is 3.16. The third-order valence-corrected chi connectivity index (χ3v) is 2.81. The van der Waals surface area contributed by atoms with Crippen LogP contribution in [-0.2, 0) is 0 Å². The number of hydrogen-bond donors (Lipinski definition) is 1. The summed E-state index contributed by atoms with van der Waals surface area (Å²) in [4.78, 5) is 0. The summed E-state index contributed by atoms with van der Waals surface area (Å²) >= 11 is 0. The lowest BCUT2D eigenvalue weighted by Crippen LogP contribution is -2.02. The molecule has 0 atom stereocenters. The molecule has 2 rings (SSSR count). The molecule has 0 aliphatic rings. The number of nitrogens with zero attached hydrogens (tertiary/aromatic N) is 1. The number of anilines is 1. The highest BCUT2D eigenvalue weighted by atomic mass is 19.1. The lowest BCUT2D eigenvalue weighted by molar-refractivity contribution is 0.585. The first-order valence-electron chi connectivity index (χ1n) is 5.89. The van der Waals surface area contributed by atoms with Crippen molar-refractivity contribution >= 4 is 11.4 Å². The van der Waals surface area contributed by atoms with Gasteiger partial charge in [-0.2, -0.15) is 5.10 Å². The monoisotopic (exact) mass is 260 g/mol. The minimum atomic E-state index is -0.665. The van der Waals surface area contributed by atoms with Crippen molar-refractivity contribution in [1.29, 1.82) is 0 Å². The van der Waals surface area contributed by atoms with E-state index in [0.717, 1.165) is 22.9 Å². The summed E-state index contributed by atoms with van der Waals surface area (Å²) in [6, 6.07) is 11.1. The van der Waals surface area contributed by atoms with Gasteiger partial charge < -0.3 is 0 Å². The van der Waals surface area contributed by atoms with Crippen molar-refractivity contribution < 1.29 is 8.78 Å². The third-order valence-electron chi connectivity index (χ3n) is 2.81. The first kappa shape index (κ1) is 13.2. The fourth-order valence-corrected chi connectivity index (χ4v) is 1.76. The minimum absolute atomic E-state index is 0.148. The Morgan fingerprint density at radius 1 is 1.11 bits per heavy atom. The molecule has 2 aromatic rings. The number of benzene rings is 2. The lowest BCUT2D eigenvalue weighted by atomic mass is 10.1. The number of rotatable bonds is 3. The topological polar surface area (TPSA) is 24.4 Å². The normalized spacial score (nSPS) is 11.5. The molecule has 0 spiro atoms. The highest BCUT2D eigenvalue weighted by Gasteiger charge is 2.04. The molecule has 2 aromatic carbocycles. The van der Waals surface area contributed by atoms with E-state index in [2.05, 4.69) is 10.5 Å². The smallest absolute Gasteiger partial charge is 0.151 e. The Kier molecular flexibility index (Phi) is 3.90. The molecule has 0 saturated heterocycles. The Labute approximate surface area is 110 Å². The van der Waals surface area contributed by atoms with Crippen LogP contribution in [0.2, 0.25) is 0 Å². The molecule has 0 unspecified atom stereocenters. The fourth-order valence-electron chi connectivity index (χ4n) is 1.76. The van der Waals surface area contributed by atoms with E-state index >= 15 is 0 Å². The van der Waals surface area contributed by atoms with E-state index < -0.39 is 11.6 Å². The Morgan fingerprint density at radius 3 is 2.53 bits per heavy atom. The molecule has 0 radical (unpaired) electrons. The summed E-state index contributed by atoms with van der Waals surface area (Å²) in [5, 5.41) is 4.12. The molecular weight excluding hydrogens is 246 g/mol. The largest absolute Gasteiger partial charge is 0.275 e. The summed E-state index contributed by atoms with van der Waals surface area (Å²) in [7, 11) is 0. The second-order valence-electron chi connectivity index (χ2n) is 4.25. The molecule has 4 heteroatoms. The first-order chi connectivity index (χ1) is 9.08. The summed E-state index contributed by atoms with van der Waals surface area (Å²) in [6.07, 6.45) is 0. The molecule has 0 heterocycles. The Morgan fingerprint density at radius 2 is 1.84 bits per heavy atom. The van der Waals surface area contributed by atoms with Crippen molar-refractivity contribution in [1.82, 2.24) is 0 Å². The van der Waals surface area contributed by atoms with Crippen molar-refractivity contribution in [2.45, 2.75) is 13.8 Å². The fraction of sp³-hybridized carbons (Fsp3) is 0.133. The first-order valence-corrected chi connectivity index (χ1v) is 5.89. The van der Waals surface area contributed by atoms with Gasteiger partial charge in [-0.25, -0.2) is 8.78 Å². The predicted octanol–water partition coefficient (Wildman–Crippen LogP) is 4.11. The molecule has 0 aliphatic heterocycles. The quantitative estimate of drug-likeness (QED) is 0.651. The van der Waals surface area contributed by atoms with Crippen molar-refractivity contribution in [3.8, 4) is 0 Å². The van der Waals surface area contributed by atoms with E-state index in [0.29, 0.717) is 0 Å². The zero-order chi connectivity index (χ0) is 13.8. The number of nitrogens with one attached hydrogen (secondary N) is 1. The lowest BCUT2D eigenvalue weighted by Gasteiger charge is -2.07. The highest BCUT2D eigenvalue weighted by Crippen LogP contribution is 2.15. The summed E-state index contributed by atoms with van der Waals surface area (Å²) in [5.74, 6) is -1.27. The summed E-state index contributed by atoms with van der Waals surface area (Å²) in [6.45, 7) is 3.81. The molecule has 0 bridgehead atoms. The number of hydrazone groups is 1. The molecule has 2 nitrogen and oxygen atoms in total. The van der Waals surface area contributed by atoms with Crippen LogP contribution in [0.4, 0.5) is 14.5 Å². The molecule has 1 N–H and O–H groups in total. The van der Waals surface area contributed by atoms with Crippen LogP contribution in [0.1, 0.15) is 18.1 Å². The van der Waals surface area contributed by atoms with E-state index in [-0.39, 0.29) is 5.69 Å². The van der Waals surface area contributed by atoms with Crippen molar-refractivity contribution in [3.05, 3.63) is 65.2 Å². The van der Waals surface area contributed by atoms with Crippen LogP contribution >= 0.6 is 0 Å². The van der Waals surface area contributed by atoms with Crippen LogP contribution in [0.25, 0.3) is 0 Å². The van der Waals surface area contributed by atoms with Crippen LogP contribution in [0.5, 0.6) is 0 Å². The Bertz CT molecular complexity index is 621. The van der Waals surface area contributed by atoms with Crippen LogP contribution in [0.15, 0.2) is 47.6 Å². The van der Waals surface area contributed by atoms with Crippen LogP contribution in [0, 0.1) is 18.6 Å². The van der Waals surface area contributed by atoms with E-state index in [1.165, 1.54) is 12.1 Å². The van der Waals surface area contributed by atoms with Gasteiger partial charge in [0.15, 0.2) is 5.82 Å². The highest BCUT2D eigenvalue weighted by molar-refractivity contribution is 6.00. The summed E-state index contributed by atoms with van der Waals surface area (Å²) < 4.78 is 26.2. The van der Waals surface area contributed by atoms with Gasteiger partial charge in [0.2, 0.25) is 0 Å². The average Bonchev–Trinajstić information content (AvgIpc) is 2.38. The maximum atomic E-state index is 13.4. The molecule has 0 amide bonds. The zero-order valence-corrected chi connectivity index (χ0v) is 10.7. The van der Waals surface area contributed by atoms with Crippen molar-refractivity contribution in [3.63, 3.8) is 0 Å². The van der Waals surface area contributed by atoms with E-state index in [4.69, 9.17) is 0 Å². The van der Waals surface area contributed by atoms with E-state index in [1.807, 2.05) is 38.1 Å². The minimum Gasteiger partial charge on any atom is -0.275 e. The molecule has 0 saturated carbocycles. The number of hydrogen-bond acceptors (Lipinski definition) is 2. The van der Waals surface area contributed by atoms with Crippen LogP contribution in [0.3, 0.4) is 0 Å². The SMILES string of the molecule is C/C(=N\Nc1ccc(F)cc1F)c1ccccc1C. The van der Waals surface area contributed by atoms with E-state index in [9.17, 15) is 8.78 Å². The van der Waals surface area contributed by atoms with Crippen LogP contribution < -0.4 is 5.43 Å². The van der Waals surface area contributed by atoms with Gasteiger partial charge in [0, 0.05) is 11.6 Å². The van der Waals surface area contributed by atoms with Gasteiger partial charge in [0.05, 0.1) is 11.4 Å². The van der Waals surface area contributed by atoms with Gasteiger partial charge in [0.1, 0.15) is 5.82 Å². The Hall–Kier alpha value is -2.23. The second-order valence-corrected chi connectivity index (χ2v) is 4.25. The van der Waals surface area contributed by atoms with Crippen LogP contribution in [-0.4, -0.2) is 5.71 Å². The maximum absolute atomic E-state index is 13.4. The van der Waals surface area contributed by atoms with Gasteiger partial charge in [-0.1, -0.05) is 24.3 Å². The standard InChI is InChI=1S/C15H14F2N2/c1-10-5-3-4-6-13(10)11(2)18-19-15-8-7-12(16)9-14(15)17/h3-9,19H,1-2H3/b18-11+. The molecule has 0 aliphatic carbocycles. The molecular formula is C15H14F2N2. The second kappa shape index (κ2) is 5.61. The van der Waals surface area contributed by atoms with Gasteiger partial charge in [-0.05, 0) is 31.5 Å². The predicted molar refractivity (Wildman–Crippen MR) is 73.4 cm³/mol. The molecule has 19 heavy (non-hydrogen) atoms. The Balaban J connectivity index is 2.21. The molecule has 0 aromatic heterocycles. The van der Waals surface area contributed by atoms with Gasteiger partial charge in [0.25, 0.3) is 0 Å². The van der Waals surface area contributed by atoms with E-state index in [1.54, 1.807) is 0 Å². The maximum Gasteiger partial charge on any atom is 0.151 e. The zero-order valence-electron chi connectivity index (χ0n) is 10.7. The van der Waals surface area contributed by atoms with Gasteiger partial charge >= 0.3 is 0 Å². The van der Waals surface area contributed by atoms with Crippen molar-refractivity contribution in [2.75, 3.05) is 5.43 Å². The molecule has 98 valence electrons. The van der Waals surface area contributed by atoms with Crippen molar-refractivity contribution in [2.24, 2.45) is 5.10 Å². The number of aryl methyl sites for hydroxylation is 1. The van der Waals surface area contributed by atoms with Gasteiger partial charge in [-0.3, -0.25) is 5.43 Å². The van der Waals surface area contributed by atoms with Gasteiger partial charge in [-0.15, -0.1) is 0 Å². The summed E-state index contributed by atoms with van der Waals surface area (Å²) in [5.41, 5.74) is 5.57.